The Balaban J connectivity index is 3.53. The Morgan fingerprint density at radius 2 is 0.732 bits per heavy atom. The normalized spacial score (nSPS) is 14.0. The Kier molecular flexibility index (Phi) is 44.4. The largest absolute Gasteiger partial charge is 0.394 e. The monoisotopic (exact) mass is 794 g/mol. The van der Waals surface area contributed by atoms with Crippen molar-refractivity contribution in [1.29, 1.82) is 0 Å². The van der Waals surface area contributed by atoms with E-state index in [1.54, 1.807) is 0 Å². The van der Waals surface area contributed by atoms with Crippen molar-refractivity contribution < 1.29 is 25.2 Å². The van der Waals surface area contributed by atoms with Crippen LogP contribution in [0.3, 0.4) is 0 Å². The molecule has 0 aromatic carbocycles. The number of amides is 1. The molecule has 0 saturated heterocycles. The van der Waals surface area contributed by atoms with E-state index in [4.69, 9.17) is 0 Å². The summed E-state index contributed by atoms with van der Waals surface area (Å²) in [5.74, 6) is -0.593. The highest BCUT2D eigenvalue weighted by molar-refractivity contribution is 5.80. The molecule has 0 rings (SSSR count). The summed E-state index contributed by atoms with van der Waals surface area (Å²) in [5, 5.41) is 43.6. The average Bonchev–Trinajstić information content (AvgIpc) is 3.20. The molecule has 6 heteroatoms. The van der Waals surface area contributed by atoms with Gasteiger partial charge in [0, 0.05) is 0 Å². The summed E-state index contributed by atoms with van der Waals surface area (Å²) in [6.45, 7) is 4.01. The van der Waals surface area contributed by atoms with Gasteiger partial charge in [-0.3, -0.25) is 4.79 Å². The second-order valence-corrected chi connectivity index (χ2v) is 17.5. The van der Waals surface area contributed by atoms with Crippen LogP contribution < -0.4 is 5.32 Å². The number of rotatable bonds is 46. The second-order valence-electron chi connectivity index (χ2n) is 17.5. The summed E-state index contributed by atoms with van der Waals surface area (Å²) in [6.07, 6.45) is 51.5. The molecule has 0 aromatic heterocycles. The van der Waals surface area contributed by atoms with Crippen molar-refractivity contribution in [1.82, 2.24) is 5.32 Å². The Morgan fingerprint density at radius 3 is 1.09 bits per heavy atom. The van der Waals surface area contributed by atoms with E-state index in [0.29, 0.717) is 12.8 Å². The van der Waals surface area contributed by atoms with E-state index in [9.17, 15) is 25.2 Å². The molecule has 0 fully saturated rings. The first-order valence-corrected chi connectivity index (χ1v) is 25.1. The molecular formula is C50H99NO5. The lowest BCUT2D eigenvalue weighted by Gasteiger charge is -2.27. The van der Waals surface area contributed by atoms with E-state index in [1.807, 2.05) is 0 Å². The van der Waals surface area contributed by atoms with Crippen molar-refractivity contribution in [3.05, 3.63) is 12.2 Å². The van der Waals surface area contributed by atoms with E-state index in [-0.39, 0.29) is 0 Å². The molecule has 56 heavy (non-hydrogen) atoms. The van der Waals surface area contributed by atoms with Gasteiger partial charge in [-0.15, -0.1) is 0 Å². The van der Waals surface area contributed by atoms with Gasteiger partial charge in [0.2, 0.25) is 5.91 Å². The first-order chi connectivity index (χ1) is 27.5. The summed E-state index contributed by atoms with van der Waals surface area (Å²) in [7, 11) is 0. The number of carbonyl (C=O) groups excluding carboxylic acids is 1. The quantitative estimate of drug-likeness (QED) is 0.0311. The van der Waals surface area contributed by atoms with Gasteiger partial charge in [-0.1, -0.05) is 251 Å². The molecule has 0 bridgehead atoms. The predicted octanol–water partition coefficient (Wildman–Crippen LogP) is 13.7. The molecule has 0 saturated carbocycles. The van der Waals surface area contributed by atoms with Crippen molar-refractivity contribution in [2.24, 2.45) is 0 Å². The number of hydrogen-bond donors (Lipinski definition) is 5. The van der Waals surface area contributed by atoms with Crippen molar-refractivity contribution in [2.75, 3.05) is 6.61 Å². The van der Waals surface area contributed by atoms with Gasteiger partial charge in [0.25, 0.3) is 0 Å². The van der Waals surface area contributed by atoms with Crippen LogP contribution in [0.15, 0.2) is 12.2 Å². The van der Waals surface area contributed by atoms with Crippen LogP contribution in [0.1, 0.15) is 271 Å². The minimum absolute atomic E-state index is 0.356. The maximum atomic E-state index is 12.5. The Labute approximate surface area is 349 Å². The SMILES string of the molecule is CCCC/C=C\CCCCCCC(O)C(=O)NC(CO)C(O)C(O)CCCCCCCCCCCCCCCCCCCCCCCCCCCCCCCC. The molecule has 5 N–H and O–H groups in total. The number of nitrogens with one attached hydrogen (secondary N) is 1. The van der Waals surface area contributed by atoms with Crippen LogP contribution in [-0.2, 0) is 4.79 Å². The number of hydrogen-bond acceptors (Lipinski definition) is 5. The smallest absolute Gasteiger partial charge is 0.249 e. The first-order valence-electron chi connectivity index (χ1n) is 25.1. The van der Waals surface area contributed by atoms with Gasteiger partial charge in [-0.2, -0.15) is 0 Å². The summed E-state index contributed by atoms with van der Waals surface area (Å²) < 4.78 is 0. The minimum Gasteiger partial charge on any atom is -0.394 e. The molecule has 0 heterocycles. The van der Waals surface area contributed by atoms with Gasteiger partial charge in [0.1, 0.15) is 12.2 Å². The maximum Gasteiger partial charge on any atom is 0.249 e. The molecule has 0 aliphatic carbocycles. The van der Waals surface area contributed by atoms with Crippen LogP contribution in [0.2, 0.25) is 0 Å². The van der Waals surface area contributed by atoms with Gasteiger partial charge in [0.15, 0.2) is 0 Å². The third-order valence-corrected chi connectivity index (χ3v) is 12.0. The lowest BCUT2D eigenvalue weighted by molar-refractivity contribution is -0.132. The molecule has 0 aliphatic rings. The predicted molar refractivity (Wildman–Crippen MR) is 242 cm³/mol. The number of unbranched alkanes of at least 4 members (excludes halogenated alkanes) is 35. The molecule has 4 unspecified atom stereocenters. The maximum absolute atomic E-state index is 12.5. The zero-order valence-corrected chi connectivity index (χ0v) is 37.7. The van der Waals surface area contributed by atoms with Gasteiger partial charge in [-0.25, -0.2) is 0 Å². The summed E-state index contributed by atoms with van der Waals surface area (Å²) in [6, 6.07) is -0.986. The lowest BCUT2D eigenvalue weighted by atomic mass is 9.99. The van der Waals surface area contributed by atoms with Gasteiger partial charge in [-0.05, 0) is 32.1 Å². The highest BCUT2D eigenvalue weighted by Gasteiger charge is 2.28. The number of aliphatic hydroxyl groups is 4. The average molecular weight is 794 g/mol. The summed E-state index contributed by atoms with van der Waals surface area (Å²) in [4.78, 5) is 12.5. The van der Waals surface area contributed by atoms with E-state index in [2.05, 4.69) is 31.3 Å². The van der Waals surface area contributed by atoms with Crippen LogP contribution in [-0.4, -0.2) is 57.3 Å². The third-order valence-electron chi connectivity index (χ3n) is 12.0. The zero-order chi connectivity index (χ0) is 41.0. The van der Waals surface area contributed by atoms with Crippen LogP contribution in [0.25, 0.3) is 0 Å². The molecule has 0 aromatic rings. The van der Waals surface area contributed by atoms with E-state index < -0.39 is 36.9 Å². The number of allylic oxidation sites excluding steroid dienone is 2. The molecule has 4 atom stereocenters. The summed E-state index contributed by atoms with van der Waals surface area (Å²) in [5.41, 5.74) is 0. The molecule has 6 nitrogen and oxygen atoms in total. The molecule has 0 spiro atoms. The fourth-order valence-electron chi connectivity index (χ4n) is 7.98. The highest BCUT2D eigenvalue weighted by Crippen LogP contribution is 2.18. The summed E-state index contributed by atoms with van der Waals surface area (Å²) >= 11 is 0. The molecule has 0 aliphatic heterocycles. The molecule has 334 valence electrons. The van der Waals surface area contributed by atoms with Crippen molar-refractivity contribution in [3.8, 4) is 0 Å². The first kappa shape index (κ1) is 55.0. The molecule has 0 radical (unpaired) electrons. The standard InChI is InChI=1S/C50H99NO5/c1-3-5-7-9-11-13-15-16-17-18-19-20-21-22-23-24-25-26-27-28-29-30-31-32-33-34-36-37-39-41-43-47(53)49(55)46(45-52)51-50(56)48(54)44-42-40-38-35-14-12-10-8-6-4-2/h10,12,46-49,52-55H,3-9,11,13-45H2,1-2H3,(H,51,56)/b12-10-. The third kappa shape index (κ3) is 38.6. The van der Waals surface area contributed by atoms with Crippen molar-refractivity contribution in [3.63, 3.8) is 0 Å². The Hall–Kier alpha value is -0.950. The van der Waals surface area contributed by atoms with Crippen LogP contribution in [0, 0.1) is 0 Å². The number of carbonyl (C=O) groups is 1. The van der Waals surface area contributed by atoms with Gasteiger partial charge >= 0.3 is 0 Å². The van der Waals surface area contributed by atoms with E-state index >= 15 is 0 Å². The zero-order valence-electron chi connectivity index (χ0n) is 37.7. The Morgan fingerprint density at radius 1 is 0.429 bits per heavy atom. The lowest BCUT2D eigenvalue weighted by Crippen LogP contribution is -2.53. The minimum atomic E-state index is -1.26. The van der Waals surface area contributed by atoms with Gasteiger partial charge in [0.05, 0.1) is 18.8 Å². The molecular weight excluding hydrogens is 695 g/mol. The van der Waals surface area contributed by atoms with Crippen LogP contribution in [0.5, 0.6) is 0 Å². The van der Waals surface area contributed by atoms with Crippen molar-refractivity contribution in [2.45, 2.75) is 295 Å². The van der Waals surface area contributed by atoms with E-state index in [0.717, 1.165) is 57.8 Å². The molecule has 1 amide bonds. The van der Waals surface area contributed by atoms with Crippen LogP contribution >= 0.6 is 0 Å². The number of aliphatic hydroxyl groups excluding tert-OH is 4. The van der Waals surface area contributed by atoms with Gasteiger partial charge < -0.3 is 25.7 Å². The van der Waals surface area contributed by atoms with Crippen molar-refractivity contribution >= 4 is 5.91 Å². The highest BCUT2D eigenvalue weighted by atomic mass is 16.3. The fourth-order valence-corrected chi connectivity index (χ4v) is 7.98. The Bertz CT molecular complexity index is 806. The second kappa shape index (κ2) is 45.1. The van der Waals surface area contributed by atoms with E-state index in [1.165, 1.54) is 186 Å². The fraction of sp³-hybridized carbons (Fsp3) is 0.940. The van der Waals surface area contributed by atoms with Crippen LogP contribution in [0.4, 0.5) is 0 Å². The topological polar surface area (TPSA) is 110 Å².